The average molecular weight is 193 g/mol. The van der Waals surface area contributed by atoms with Crippen LogP contribution in [-0.2, 0) is 4.74 Å². The first-order valence-corrected chi connectivity index (χ1v) is 5.03. The molecule has 0 aromatic heterocycles. The molecule has 1 rings (SSSR count). The quantitative estimate of drug-likeness (QED) is 0.724. The molecular weight excluding hydrogens is 174 g/mol. The Hall–Kier alpha value is -0.860. The van der Waals surface area contributed by atoms with Gasteiger partial charge in [-0.15, -0.1) is 0 Å². The van der Waals surface area contributed by atoms with Crippen LogP contribution in [0.4, 0.5) is 0 Å². The number of benzene rings is 1. The van der Waals surface area contributed by atoms with Crippen LogP contribution in [0, 0.1) is 6.92 Å². The van der Waals surface area contributed by atoms with Crippen molar-refractivity contribution < 1.29 is 4.74 Å². The minimum atomic E-state index is 0.394. The third-order valence-corrected chi connectivity index (χ3v) is 2.30. The van der Waals surface area contributed by atoms with Crippen molar-refractivity contribution in [3.05, 3.63) is 35.4 Å². The highest BCUT2D eigenvalue weighted by Crippen LogP contribution is 2.12. The molecule has 0 aliphatic rings. The molecule has 0 aliphatic heterocycles. The van der Waals surface area contributed by atoms with Gasteiger partial charge >= 0.3 is 0 Å². The zero-order valence-corrected chi connectivity index (χ0v) is 9.21. The third kappa shape index (κ3) is 3.48. The minimum absolute atomic E-state index is 0.394. The number of nitrogens with one attached hydrogen (secondary N) is 1. The second-order valence-electron chi connectivity index (χ2n) is 3.58. The molecule has 0 amide bonds. The smallest absolute Gasteiger partial charge is 0.0587 e. The van der Waals surface area contributed by atoms with E-state index in [1.807, 2.05) is 0 Å². The molecule has 2 heteroatoms. The van der Waals surface area contributed by atoms with Crippen LogP contribution in [0.25, 0.3) is 0 Å². The molecule has 0 saturated carbocycles. The van der Waals surface area contributed by atoms with Gasteiger partial charge in [-0.1, -0.05) is 29.8 Å². The van der Waals surface area contributed by atoms with Crippen LogP contribution in [0.15, 0.2) is 24.3 Å². The number of hydrogen-bond acceptors (Lipinski definition) is 2. The lowest BCUT2D eigenvalue weighted by molar-refractivity contribution is 0.196. The van der Waals surface area contributed by atoms with E-state index in [2.05, 4.69) is 43.4 Å². The summed E-state index contributed by atoms with van der Waals surface area (Å²) in [7, 11) is 1.72. The zero-order chi connectivity index (χ0) is 10.4. The molecule has 0 fully saturated rings. The number of aryl methyl sites for hydroxylation is 1. The summed E-state index contributed by atoms with van der Waals surface area (Å²) in [6, 6.07) is 8.97. The normalized spacial score (nSPS) is 12.8. The molecule has 78 valence electrons. The summed E-state index contributed by atoms with van der Waals surface area (Å²) in [5, 5.41) is 3.40. The van der Waals surface area contributed by atoms with Gasteiger partial charge in [-0.2, -0.15) is 0 Å². The fraction of sp³-hybridized carbons (Fsp3) is 0.500. The van der Waals surface area contributed by atoms with Crippen LogP contribution in [0.1, 0.15) is 24.1 Å². The molecule has 1 aromatic carbocycles. The summed E-state index contributed by atoms with van der Waals surface area (Å²) in [4.78, 5) is 0. The standard InChI is InChI=1S/C12H19NO/c1-10-5-4-6-12(9-10)11(2)13-7-8-14-3/h4-6,9,11,13H,7-8H2,1-3H3. The lowest BCUT2D eigenvalue weighted by atomic mass is 10.1. The molecule has 1 aromatic rings. The van der Waals surface area contributed by atoms with Crippen molar-refractivity contribution in [2.24, 2.45) is 0 Å². The maximum atomic E-state index is 4.99. The van der Waals surface area contributed by atoms with Gasteiger partial charge < -0.3 is 10.1 Å². The van der Waals surface area contributed by atoms with Gasteiger partial charge in [0.1, 0.15) is 0 Å². The van der Waals surface area contributed by atoms with E-state index in [0.29, 0.717) is 6.04 Å². The Morgan fingerprint density at radius 3 is 2.86 bits per heavy atom. The number of ether oxygens (including phenoxy) is 1. The molecule has 1 atom stereocenters. The van der Waals surface area contributed by atoms with Crippen LogP contribution in [0.3, 0.4) is 0 Å². The fourth-order valence-corrected chi connectivity index (χ4v) is 1.43. The van der Waals surface area contributed by atoms with Gasteiger partial charge in [0.15, 0.2) is 0 Å². The minimum Gasteiger partial charge on any atom is -0.383 e. The van der Waals surface area contributed by atoms with Crippen LogP contribution in [0.5, 0.6) is 0 Å². The molecule has 14 heavy (non-hydrogen) atoms. The van der Waals surface area contributed by atoms with E-state index in [-0.39, 0.29) is 0 Å². The Bertz CT molecular complexity index is 273. The van der Waals surface area contributed by atoms with E-state index < -0.39 is 0 Å². The SMILES string of the molecule is COCCNC(C)c1cccc(C)c1. The Kier molecular flexibility index (Phi) is 4.63. The van der Waals surface area contributed by atoms with Gasteiger partial charge in [0.05, 0.1) is 6.61 Å². The van der Waals surface area contributed by atoms with Gasteiger partial charge in [0.25, 0.3) is 0 Å². The van der Waals surface area contributed by atoms with Crippen molar-refractivity contribution in [3.63, 3.8) is 0 Å². The summed E-state index contributed by atoms with van der Waals surface area (Å²) in [5.74, 6) is 0. The number of rotatable bonds is 5. The van der Waals surface area contributed by atoms with E-state index in [9.17, 15) is 0 Å². The lowest BCUT2D eigenvalue weighted by Crippen LogP contribution is -2.22. The first-order valence-electron chi connectivity index (χ1n) is 5.03. The van der Waals surface area contributed by atoms with Gasteiger partial charge in [-0.3, -0.25) is 0 Å². The molecule has 0 radical (unpaired) electrons. The van der Waals surface area contributed by atoms with Crippen molar-refractivity contribution >= 4 is 0 Å². The van der Waals surface area contributed by atoms with Gasteiger partial charge in [0, 0.05) is 19.7 Å². The molecule has 1 N–H and O–H groups in total. The predicted molar refractivity (Wildman–Crippen MR) is 59.5 cm³/mol. The summed E-state index contributed by atoms with van der Waals surface area (Å²) < 4.78 is 4.99. The maximum absolute atomic E-state index is 4.99. The molecule has 0 aliphatic carbocycles. The Morgan fingerprint density at radius 1 is 1.43 bits per heavy atom. The molecule has 0 bridgehead atoms. The van der Waals surface area contributed by atoms with E-state index in [0.717, 1.165) is 13.2 Å². The summed E-state index contributed by atoms with van der Waals surface area (Å²) in [6.45, 7) is 5.94. The number of methoxy groups -OCH3 is 1. The highest BCUT2D eigenvalue weighted by atomic mass is 16.5. The summed E-state index contributed by atoms with van der Waals surface area (Å²) in [5.41, 5.74) is 2.64. The van der Waals surface area contributed by atoms with Crippen LogP contribution >= 0.6 is 0 Å². The van der Waals surface area contributed by atoms with Crippen molar-refractivity contribution in [2.45, 2.75) is 19.9 Å². The summed E-state index contributed by atoms with van der Waals surface area (Å²) in [6.07, 6.45) is 0. The highest BCUT2D eigenvalue weighted by Gasteiger charge is 2.03. The number of hydrogen-bond donors (Lipinski definition) is 1. The zero-order valence-electron chi connectivity index (χ0n) is 9.21. The molecule has 1 unspecified atom stereocenters. The van der Waals surface area contributed by atoms with Crippen molar-refractivity contribution in [2.75, 3.05) is 20.3 Å². The van der Waals surface area contributed by atoms with E-state index in [1.165, 1.54) is 11.1 Å². The van der Waals surface area contributed by atoms with Crippen LogP contribution in [0.2, 0.25) is 0 Å². The fourth-order valence-electron chi connectivity index (χ4n) is 1.43. The second kappa shape index (κ2) is 5.78. The summed E-state index contributed by atoms with van der Waals surface area (Å²) >= 11 is 0. The van der Waals surface area contributed by atoms with Gasteiger partial charge in [0.2, 0.25) is 0 Å². The second-order valence-corrected chi connectivity index (χ2v) is 3.58. The third-order valence-electron chi connectivity index (χ3n) is 2.30. The highest BCUT2D eigenvalue weighted by molar-refractivity contribution is 5.24. The van der Waals surface area contributed by atoms with Gasteiger partial charge in [-0.05, 0) is 19.4 Å². The van der Waals surface area contributed by atoms with E-state index in [1.54, 1.807) is 7.11 Å². The van der Waals surface area contributed by atoms with E-state index >= 15 is 0 Å². The average Bonchev–Trinajstić information content (AvgIpc) is 2.18. The largest absolute Gasteiger partial charge is 0.383 e. The first-order chi connectivity index (χ1) is 6.74. The maximum Gasteiger partial charge on any atom is 0.0587 e. The van der Waals surface area contributed by atoms with Gasteiger partial charge in [-0.25, -0.2) is 0 Å². The molecular formula is C12H19NO. The predicted octanol–water partition coefficient (Wildman–Crippen LogP) is 2.29. The Balaban J connectivity index is 2.47. The molecule has 0 saturated heterocycles. The first kappa shape index (κ1) is 11.2. The van der Waals surface area contributed by atoms with E-state index in [4.69, 9.17) is 4.74 Å². The monoisotopic (exact) mass is 193 g/mol. The van der Waals surface area contributed by atoms with Crippen molar-refractivity contribution in [1.29, 1.82) is 0 Å². The molecule has 0 spiro atoms. The van der Waals surface area contributed by atoms with Crippen LogP contribution in [-0.4, -0.2) is 20.3 Å². The van der Waals surface area contributed by atoms with Crippen LogP contribution < -0.4 is 5.32 Å². The van der Waals surface area contributed by atoms with Crippen molar-refractivity contribution in [3.8, 4) is 0 Å². The van der Waals surface area contributed by atoms with Crippen molar-refractivity contribution in [1.82, 2.24) is 5.32 Å². The Labute approximate surface area is 86.3 Å². The Morgan fingerprint density at radius 2 is 2.21 bits per heavy atom. The molecule has 0 heterocycles. The molecule has 2 nitrogen and oxygen atoms in total. The lowest BCUT2D eigenvalue weighted by Gasteiger charge is -2.14. The topological polar surface area (TPSA) is 21.3 Å².